The van der Waals surface area contributed by atoms with Crippen LogP contribution in [-0.4, -0.2) is 54.7 Å². The molecule has 0 bridgehead atoms. The first-order chi connectivity index (χ1) is 10.2. The summed E-state index contributed by atoms with van der Waals surface area (Å²) in [4.78, 5) is 17.4. The zero-order chi connectivity index (χ0) is 14.7. The number of carbonyl (C=O) groups excluding carboxylic acids is 1. The Labute approximate surface area is 130 Å². The number of ether oxygens (including phenoxy) is 1. The van der Waals surface area contributed by atoms with Crippen LogP contribution >= 0.6 is 11.6 Å². The maximum atomic E-state index is 12.1. The van der Waals surface area contributed by atoms with E-state index in [0.29, 0.717) is 16.6 Å². The number of hydrogen-bond acceptors (Lipinski definition) is 3. The molecule has 1 atom stereocenters. The predicted octanol–water partition coefficient (Wildman–Crippen LogP) is 1.90. The number of nitrogens with one attached hydrogen (secondary N) is 2. The molecule has 0 saturated carbocycles. The monoisotopic (exact) mass is 311 g/mol. The van der Waals surface area contributed by atoms with Crippen molar-refractivity contribution in [3.63, 3.8) is 0 Å². The van der Waals surface area contributed by atoms with Crippen molar-refractivity contribution in [3.8, 4) is 0 Å². The summed E-state index contributed by atoms with van der Waals surface area (Å²) in [7, 11) is 0. The minimum absolute atomic E-state index is 0.0652. The highest BCUT2D eigenvalue weighted by atomic mass is 35.5. The van der Waals surface area contributed by atoms with Gasteiger partial charge in [0.25, 0.3) is 5.91 Å². The number of amides is 1. The van der Waals surface area contributed by atoms with Gasteiger partial charge in [0, 0.05) is 38.5 Å². The Morgan fingerprint density at radius 3 is 2.86 bits per heavy atom. The van der Waals surface area contributed by atoms with Crippen molar-refractivity contribution in [1.29, 1.82) is 0 Å². The van der Waals surface area contributed by atoms with Gasteiger partial charge in [-0.2, -0.15) is 0 Å². The minimum Gasteiger partial charge on any atom is -0.381 e. The van der Waals surface area contributed by atoms with Crippen molar-refractivity contribution in [3.05, 3.63) is 23.0 Å². The number of likely N-dealkylation sites (tertiary alicyclic amines) is 1. The molecule has 2 aliphatic heterocycles. The van der Waals surface area contributed by atoms with E-state index < -0.39 is 0 Å². The van der Waals surface area contributed by atoms with Crippen molar-refractivity contribution in [2.24, 2.45) is 5.92 Å². The molecule has 2 aliphatic rings. The number of rotatable bonds is 4. The number of aromatic nitrogens is 1. The number of H-pyrrole nitrogens is 1. The summed E-state index contributed by atoms with van der Waals surface area (Å²) < 4.78 is 5.43. The largest absolute Gasteiger partial charge is 0.381 e. The van der Waals surface area contributed by atoms with Crippen LogP contribution in [-0.2, 0) is 4.74 Å². The topological polar surface area (TPSA) is 57.4 Å². The Morgan fingerprint density at radius 2 is 2.24 bits per heavy atom. The van der Waals surface area contributed by atoms with Crippen LogP contribution in [0.25, 0.3) is 0 Å². The van der Waals surface area contributed by atoms with Gasteiger partial charge >= 0.3 is 0 Å². The molecule has 2 N–H and O–H groups in total. The molecule has 0 radical (unpaired) electrons. The molecule has 3 heterocycles. The summed E-state index contributed by atoms with van der Waals surface area (Å²) in [5.74, 6) is 0.627. The highest BCUT2D eigenvalue weighted by molar-refractivity contribution is 6.30. The average Bonchev–Trinajstić information content (AvgIpc) is 3.12. The SMILES string of the molecule is O=C(NC1CCN(CC2CCOC2)CC1)c1cc(Cl)c[nH]1. The van der Waals surface area contributed by atoms with Gasteiger partial charge in [0.15, 0.2) is 0 Å². The smallest absolute Gasteiger partial charge is 0.267 e. The lowest BCUT2D eigenvalue weighted by Gasteiger charge is -2.33. The third kappa shape index (κ3) is 3.99. The van der Waals surface area contributed by atoms with E-state index in [1.165, 1.54) is 6.42 Å². The number of hydrogen-bond donors (Lipinski definition) is 2. The van der Waals surface area contributed by atoms with E-state index in [0.717, 1.165) is 45.7 Å². The number of piperidine rings is 1. The van der Waals surface area contributed by atoms with Crippen LogP contribution in [0.3, 0.4) is 0 Å². The average molecular weight is 312 g/mol. The zero-order valence-corrected chi connectivity index (χ0v) is 12.9. The number of carbonyl (C=O) groups is 1. The van der Waals surface area contributed by atoms with Gasteiger partial charge in [-0.05, 0) is 31.2 Å². The second kappa shape index (κ2) is 6.81. The van der Waals surface area contributed by atoms with Gasteiger partial charge in [-0.1, -0.05) is 11.6 Å². The summed E-state index contributed by atoms with van der Waals surface area (Å²) in [6.07, 6.45) is 4.83. The molecule has 2 fully saturated rings. The molecule has 5 nitrogen and oxygen atoms in total. The van der Waals surface area contributed by atoms with Crippen molar-refractivity contribution in [2.45, 2.75) is 25.3 Å². The fraction of sp³-hybridized carbons (Fsp3) is 0.667. The summed E-state index contributed by atoms with van der Waals surface area (Å²) in [5.41, 5.74) is 0.533. The summed E-state index contributed by atoms with van der Waals surface area (Å²) in [6.45, 7) is 5.05. The van der Waals surface area contributed by atoms with Gasteiger partial charge in [0.1, 0.15) is 5.69 Å². The first-order valence-corrected chi connectivity index (χ1v) is 8.03. The molecule has 21 heavy (non-hydrogen) atoms. The van der Waals surface area contributed by atoms with Crippen LogP contribution in [0, 0.1) is 5.92 Å². The molecule has 1 unspecified atom stereocenters. The number of aromatic amines is 1. The van der Waals surface area contributed by atoms with Crippen molar-refractivity contribution >= 4 is 17.5 Å². The Balaban J connectivity index is 1.42. The lowest BCUT2D eigenvalue weighted by molar-refractivity contribution is 0.0899. The molecule has 1 aromatic heterocycles. The standard InChI is InChI=1S/C15H22ClN3O2/c16-12-7-14(17-8-12)15(20)18-13-1-4-19(5-2-13)9-11-3-6-21-10-11/h7-8,11,13,17H,1-6,9-10H2,(H,18,20). The highest BCUT2D eigenvalue weighted by Gasteiger charge is 2.25. The normalized spacial score (nSPS) is 24.3. The maximum absolute atomic E-state index is 12.1. The molecule has 2 saturated heterocycles. The molecule has 1 aromatic rings. The van der Waals surface area contributed by atoms with Gasteiger partial charge in [-0.15, -0.1) is 0 Å². The van der Waals surface area contributed by atoms with Gasteiger partial charge in [-0.3, -0.25) is 4.79 Å². The summed E-state index contributed by atoms with van der Waals surface area (Å²) in [6, 6.07) is 1.92. The van der Waals surface area contributed by atoms with Crippen LogP contribution in [0.4, 0.5) is 0 Å². The van der Waals surface area contributed by atoms with Crippen molar-refractivity contribution in [2.75, 3.05) is 32.8 Å². The van der Waals surface area contributed by atoms with Gasteiger partial charge in [0.2, 0.25) is 0 Å². The summed E-state index contributed by atoms with van der Waals surface area (Å²) in [5, 5.41) is 3.65. The molecule has 6 heteroatoms. The quantitative estimate of drug-likeness (QED) is 0.893. The van der Waals surface area contributed by atoms with Crippen LogP contribution in [0.15, 0.2) is 12.3 Å². The second-order valence-electron chi connectivity index (χ2n) is 6.01. The second-order valence-corrected chi connectivity index (χ2v) is 6.45. The number of nitrogens with zero attached hydrogens (tertiary/aromatic N) is 1. The molecular formula is C15H22ClN3O2. The predicted molar refractivity (Wildman–Crippen MR) is 81.7 cm³/mol. The van der Waals surface area contributed by atoms with E-state index >= 15 is 0 Å². The van der Waals surface area contributed by atoms with E-state index in [9.17, 15) is 4.79 Å². The first kappa shape index (κ1) is 14.9. The van der Waals surface area contributed by atoms with E-state index in [1.54, 1.807) is 12.3 Å². The Kier molecular flexibility index (Phi) is 4.83. The molecule has 0 spiro atoms. The number of halogens is 1. The fourth-order valence-electron chi connectivity index (χ4n) is 3.11. The van der Waals surface area contributed by atoms with E-state index in [-0.39, 0.29) is 11.9 Å². The highest BCUT2D eigenvalue weighted by Crippen LogP contribution is 2.18. The van der Waals surface area contributed by atoms with E-state index in [4.69, 9.17) is 16.3 Å². The first-order valence-electron chi connectivity index (χ1n) is 7.65. The molecular weight excluding hydrogens is 290 g/mol. The lowest BCUT2D eigenvalue weighted by atomic mass is 10.0. The third-order valence-corrected chi connectivity index (χ3v) is 4.57. The van der Waals surface area contributed by atoms with Crippen LogP contribution in [0.2, 0.25) is 5.02 Å². The van der Waals surface area contributed by atoms with E-state index in [2.05, 4.69) is 15.2 Å². The Morgan fingerprint density at radius 1 is 1.43 bits per heavy atom. The lowest BCUT2D eigenvalue weighted by Crippen LogP contribution is -2.45. The molecule has 0 aromatic carbocycles. The molecule has 116 valence electrons. The van der Waals surface area contributed by atoms with Crippen molar-refractivity contribution in [1.82, 2.24) is 15.2 Å². The van der Waals surface area contributed by atoms with Crippen LogP contribution in [0.1, 0.15) is 29.8 Å². The van der Waals surface area contributed by atoms with Crippen LogP contribution < -0.4 is 5.32 Å². The third-order valence-electron chi connectivity index (χ3n) is 4.36. The van der Waals surface area contributed by atoms with E-state index in [1.807, 2.05) is 0 Å². The maximum Gasteiger partial charge on any atom is 0.267 e. The van der Waals surface area contributed by atoms with Gasteiger partial charge in [-0.25, -0.2) is 0 Å². The molecule has 1 amide bonds. The van der Waals surface area contributed by atoms with Crippen molar-refractivity contribution < 1.29 is 9.53 Å². The van der Waals surface area contributed by atoms with Gasteiger partial charge in [0.05, 0.1) is 11.6 Å². The van der Waals surface area contributed by atoms with Crippen LogP contribution in [0.5, 0.6) is 0 Å². The Hall–Kier alpha value is -1.04. The van der Waals surface area contributed by atoms with Gasteiger partial charge < -0.3 is 19.9 Å². The zero-order valence-electron chi connectivity index (χ0n) is 12.1. The summed E-state index contributed by atoms with van der Waals surface area (Å²) >= 11 is 5.82. The minimum atomic E-state index is -0.0652. The molecule has 3 rings (SSSR count). The fourth-order valence-corrected chi connectivity index (χ4v) is 3.28. The molecule has 0 aliphatic carbocycles. The Bertz CT molecular complexity index is 477.